The average molecular weight is 398 g/mol. The van der Waals surface area contributed by atoms with E-state index in [0.29, 0.717) is 16.7 Å². The fraction of sp³-hybridized carbons (Fsp3) is 0.364. The van der Waals surface area contributed by atoms with Gasteiger partial charge in [0, 0.05) is 24.0 Å². The predicted molar refractivity (Wildman–Crippen MR) is 111 cm³/mol. The lowest BCUT2D eigenvalue weighted by Crippen LogP contribution is -2.40. The van der Waals surface area contributed by atoms with E-state index in [4.69, 9.17) is 21.3 Å². The molecule has 0 unspecified atom stereocenters. The maximum absolute atomic E-state index is 12.5. The van der Waals surface area contributed by atoms with Crippen LogP contribution in [0.25, 0.3) is 11.0 Å². The topological polar surface area (TPSA) is 58.2 Å². The predicted octanol–water partition coefficient (Wildman–Crippen LogP) is 4.62. The number of fused-ring (bicyclic) bond motifs is 1. The van der Waals surface area contributed by atoms with Crippen LogP contribution in [0, 0.1) is 13.8 Å². The van der Waals surface area contributed by atoms with E-state index in [9.17, 15) is 4.79 Å². The van der Waals surface area contributed by atoms with Crippen molar-refractivity contribution in [2.45, 2.75) is 32.6 Å². The summed E-state index contributed by atoms with van der Waals surface area (Å²) in [6.45, 7) is 5.50. The highest BCUT2D eigenvalue weighted by molar-refractivity contribution is 6.31. The third-order valence-corrected chi connectivity index (χ3v) is 5.81. The first kappa shape index (κ1) is 18.8. The van der Waals surface area contributed by atoms with Gasteiger partial charge in [-0.2, -0.15) is 0 Å². The number of nitrogens with zero attached hydrogens (tertiary/aromatic N) is 2. The Hall–Kier alpha value is -2.53. The number of amides is 1. The molecule has 0 bridgehead atoms. The van der Waals surface area contributed by atoms with Crippen molar-refractivity contribution in [1.82, 2.24) is 14.9 Å². The number of hydrogen-bond donors (Lipinski definition) is 1. The second kappa shape index (κ2) is 7.84. The number of carbonyl (C=O) groups is 1. The summed E-state index contributed by atoms with van der Waals surface area (Å²) in [6, 6.07) is 11.7. The molecule has 3 aromatic rings. The molecule has 0 spiro atoms. The average Bonchev–Trinajstić information content (AvgIpc) is 3.12. The van der Waals surface area contributed by atoms with E-state index < -0.39 is 0 Å². The lowest BCUT2D eigenvalue weighted by atomic mass is 9.96. The third-order valence-electron chi connectivity index (χ3n) is 5.38. The van der Waals surface area contributed by atoms with E-state index in [-0.39, 0.29) is 12.5 Å². The number of hydrogen-bond acceptors (Lipinski definition) is 3. The van der Waals surface area contributed by atoms with E-state index in [1.807, 2.05) is 17.9 Å². The molecule has 4 rings (SSSR count). The highest BCUT2D eigenvalue weighted by Crippen LogP contribution is 2.28. The van der Waals surface area contributed by atoms with Gasteiger partial charge in [-0.05, 0) is 68.1 Å². The first-order chi connectivity index (χ1) is 13.5. The molecule has 0 atom stereocenters. The Balaban J connectivity index is 1.32. The van der Waals surface area contributed by atoms with E-state index in [2.05, 4.69) is 30.1 Å². The van der Waals surface area contributed by atoms with Crippen molar-refractivity contribution >= 4 is 28.5 Å². The van der Waals surface area contributed by atoms with Crippen LogP contribution in [-0.4, -0.2) is 40.5 Å². The van der Waals surface area contributed by atoms with E-state index in [1.165, 1.54) is 5.56 Å². The minimum atomic E-state index is 0.0197. The van der Waals surface area contributed by atoms with Gasteiger partial charge in [0.2, 0.25) is 0 Å². The van der Waals surface area contributed by atoms with E-state index in [0.717, 1.165) is 48.4 Å². The molecule has 2 heterocycles. The molecular formula is C22H24ClN3O2. The largest absolute Gasteiger partial charge is 0.484 e. The van der Waals surface area contributed by atoms with Crippen LogP contribution in [0.15, 0.2) is 36.4 Å². The second-order valence-electron chi connectivity index (χ2n) is 7.50. The second-order valence-corrected chi connectivity index (χ2v) is 7.90. The van der Waals surface area contributed by atoms with Gasteiger partial charge >= 0.3 is 0 Å². The zero-order valence-electron chi connectivity index (χ0n) is 16.2. The summed E-state index contributed by atoms with van der Waals surface area (Å²) in [5.41, 5.74) is 4.25. The first-order valence-corrected chi connectivity index (χ1v) is 10.0. The van der Waals surface area contributed by atoms with Crippen LogP contribution < -0.4 is 4.74 Å². The summed E-state index contributed by atoms with van der Waals surface area (Å²) in [5.74, 6) is 2.08. The molecule has 1 fully saturated rings. The molecule has 28 heavy (non-hydrogen) atoms. The number of rotatable bonds is 4. The molecule has 0 radical (unpaired) electrons. The molecule has 1 amide bonds. The molecule has 1 aromatic heterocycles. The van der Waals surface area contributed by atoms with Crippen LogP contribution >= 0.6 is 11.6 Å². The van der Waals surface area contributed by atoms with Gasteiger partial charge in [-0.1, -0.05) is 17.7 Å². The molecule has 1 aliphatic rings. The first-order valence-electron chi connectivity index (χ1n) is 9.62. The van der Waals surface area contributed by atoms with Crippen molar-refractivity contribution in [3.05, 3.63) is 58.4 Å². The molecule has 5 nitrogen and oxygen atoms in total. The standard InChI is InChI=1S/C22H24ClN3O2/c1-14-3-6-19-20(11-14)25-22(24-19)16-7-9-26(10-8-16)21(27)13-28-17-4-5-18(23)15(2)12-17/h3-6,11-12,16H,7-10,13H2,1-2H3,(H,24,25). The molecule has 1 saturated heterocycles. The van der Waals surface area contributed by atoms with Crippen LogP contribution in [0.3, 0.4) is 0 Å². The number of halogens is 1. The molecule has 2 aromatic carbocycles. The number of nitrogens with one attached hydrogen (secondary N) is 1. The SMILES string of the molecule is Cc1ccc2nc(C3CCN(C(=O)COc4ccc(Cl)c(C)c4)CC3)[nH]c2c1. The van der Waals surface area contributed by atoms with Gasteiger partial charge in [-0.3, -0.25) is 4.79 Å². The molecule has 0 aliphatic carbocycles. The number of imidazole rings is 1. The monoisotopic (exact) mass is 397 g/mol. The Morgan fingerprint density at radius 3 is 2.75 bits per heavy atom. The quantitative estimate of drug-likeness (QED) is 0.698. The lowest BCUT2D eigenvalue weighted by Gasteiger charge is -2.31. The summed E-state index contributed by atoms with van der Waals surface area (Å²) >= 11 is 6.02. The van der Waals surface area contributed by atoms with Crippen molar-refractivity contribution in [1.29, 1.82) is 0 Å². The van der Waals surface area contributed by atoms with Crippen LogP contribution in [0.1, 0.15) is 35.7 Å². The van der Waals surface area contributed by atoms with Crippen molar-refractivity contribution < 1.29 is 9.53 Å². The summed E-state index contributed by atoms with van der Waals surface area (Å²) in [7, 11) is 0. The fourth-order valence-corrected chi connectivity index (χ4v) is 3.80. The number of aromatic nitrogens is 2. The van der Waals surface area contributed by atoms with Gasteiger partial charge in [-0.25, -0.2) is 4.98 Å². The number of likely N-dealkylation sites (tertiary alicyclic amines) is 1. The molecule has 0 saturated carbocycles. The van der Waals surface area contributed by atoms with Crippen molar-refractivity contribution in [2.24, 2.45) is 0 Å². The van der Waals surface area contributed by atoms with Crippen LogP contribution in [-0.2, 0) is 4.79 Å². The summed E-state index contributed by atoms with van der Waals surface area (Å²) < 4.78 is 5.65. The Morgan fingerprint density at radius 2 is 2.00 bits per heavy atom. The molecular weight excluding hydrogens is 374 g/mol. The van der Waals surface area contributed by atoms with Crippen molar-refractivity contribution in [3.8, 4) is 5.75 Å². The highest BCUT2D eigenvalue weighted by atomic mass is 35.5. The number of H-pyrrole nitrogens is 1. The van der Waals surface area contributed by atoms with Gasteiger partial charge < -0.3 is 14.6 Å². The molecule has 1 aliphatic heterocycles. The number of benzene rings is 2. The van der Waals surface area contributed by atoms with Crippen molar-refractivity contribution in [2.75, 3.05) is 19.7 Å². The van der Waals surface area contributed by atoms with E-state index in [1.54, 1.807) is 12.1 Å². The fourth-order valence-electron chi connectivity index (χ4n) is 3.68. The summed E-state index contributed by atoms with van der Waals surface area (Å²) in [4.78, 5) is 22.6. The smallest absolute Gasteiger partial charge is 0.260 e. The maximum Gasteiger partial charge on any atom is 0.260 e. The molecule has 6 heteroatoms. The van der Waals surface area contributed by atoms with Gasteiger partial charge in [0.15, 0.2) is 6.61 Å². The van der Waals surface area contributed by atoms with Gasteiger partial charge in [0.05, 0.1) is 11.0 Å². The Kier molecular flexibility index (Phi) is 5.27. The number of ether oxygens (including phenoxy) is 1. The van der Waals surface area contributed by atoms with Gasteiger partial charge in [0.1, 0.15) is 11.6 Å². The number of carbonyl (C=O) groups excluding carboxylic acids is 1. The van der Waals surface area contributed by atoms with E-state index >= 15 is 0 Å². The highest BCUT2D eigenvalue weighted by Gasteiger charge is 2.26. The Morgan fingerprint density at radius 1 is 1.21 bits per heavy atom. The van der Waals surface area contributed by atoms with Gasteiger partial charge in [-0.15, -0.1) is 0 Å². The third kappa shape index (κ3) is 3.99. The maximum atomic E-state index is 12.5. The minimum Gasteiger partial charge on any atom is -0.484 e. The zero-order valence-corrected chi connectivity index (χ0v) is 16.9. The lowest BCUT2D eigenvalue weighted by molar-refractivity contribution is -0.134. The Labute approximate surface area is 169 Å². The van der Waals surface area contributed by atoms with Crippen molar-refractivity contribution in [3.63, 3.8) is 0 Å². The normalized spacial score (nSPS) is 15.2. The van der Waals surface area contributed by atoms with Crippen LogP contribution in [0.4, 0.5) is 0 Å². The van der Waals surface area contributed by atoms with Gasteiger partial charge in [0.25, 0.3) is 5.91 Å². The zero-order chi connectivity index (χ0) is 19.7. The number of piperidine rings is 1. The number of aryl methyl sites for hydroxylation is 2. The minimum absolute atomic E-state index is 0.0197. The summed E-state index contributed by atoms with van der Waals surface area (Å²) in [6.07, 6.45) is 1.81. The molecule has 146 valence electrons. The van der Waals surface area contributed by atoms with Crippen LogP contribution in [0.2, 0.25) is 5.02 Å². The van der Waals surface area contributed by atoms with Crippen LogP contribution in [0.5, 0.6) is 5.75 Å². The summed E-state index contributed by atoms with van der Waals surface area (Å²) in [5, 5.41) is 0.696. The number of aromatic amines is 1. The molecule has 1 N–H and O–H groups in total. The Bertz CT molecular complexity index is 1010.